The molecule has 2 rings (SSSR count). The van der Waals surface area contributed by atoms with E-state index in [2.05, 4.69) is 0 Å². The van der Waals surface area contributed by atoms with Gasteiger partial charge in [0.1, 0.15) is 6.61 Å². The van der Waals surface area contributed by atoms with E-state index in [1.807, 2.05) is 49.1 Å². The topological polar surface area (TPSA) is 75.9 Å². The van der Waals surface area contributed by atoms with E-state index in [4.69, 9.17) is 10.5 Å². The number of benzene rings is 1. The molecule has 138 valence electrons. The first kappa shape index (κ1) is 19.2. The van der Waals surface area contributed by atoms with Crippen molar-refractivity contribution < 1.29 is 14.3 Å². The number of carbonyl (C=O) groups is 2. The molecule has 1 atom stereocenters. The van der Waals surface area contributed by atoms with Gasteiger partial charge in [-0.05, 0) is 38.7 Å². The summed E-state index contributed by atoms with van der Waals surface area (Å²) < 4.78 is 5.47. The van der Waals surface area contributed by atoms with Gasteiger partial charge in [-0.3, -0.25) is 4.79 Å². The van der Waals surface area contributed by atoms with E-state index in [0.717, 1.165) is 24.8 Å². The maximum absolute atomic E-state index is 12.6. The Morgan fingerprint density at radius 3 is 2.64 bits per heavy atom. The van der Waals surface area contributed by atoms with Gasteiger partial charge in [-0.25, -0.2) is 4.79 Å². The highest BCUT2D eigenvalue weighted by molar-refractivity contribution is 5.78. The van der Waals surface area contributed by atoms with Crippen LogP contribution in [0.1, 0.15) is 38.7 Å². The molecule has 2 N–H and O–H groups in total. The van der Waals surface area contributed by atoms with Crippen LogP contribution >= 0.6 is 0 Å². The lowest BCUT2D eigenvalue weighted by Crippen LogP contribution is -2.53. The molecule has 1 fully saturated rings. The predicted molar refractivity (Wildman–Crippen MR) is 96.9 cm³/mol. The van der Waals surface area contributed by atoms with Gasteiger partial charge in [0.25, 0.3) is 0 Å². The van der Waals surface area contributed by atoms with Gasteiger partial charge in [0.05, 0.1) is 6.54 Å². The van der Waals surface area contributed by atoms with E-state index < -0.39 is 0 Å². The molecule has 1 heterocycles. The molecule has 2 amide bonds. The lowest BCUT2D eigenvalue weighted by molar-refractivity contribution is -0.133. The fourth-order valence-electron chi connectivity index (χ4n) is 3.16. The van der Waals surface area contributed by atoms with Crippen LogP contribution in [-0.4, -0.2) is 53.5 Å². The van der Waals surface area contributed by atoms with Crippen LogP contribution < -0.4 is 5.73 Å². The van der Waals surface area contributed by atoms with Gasteiger partial charge in [-0.2, -0.15) is 0 Å². The maximum Gasteiger partial charge on any atom is 0.410 e. The summed E-state index contributed by atoms with van der Waals surface area (Å²) in [6, 6.07) is 9.63. The molecule has 0 saturated carbocycles. The molecule has 1 saturated heterocycles. The Kier molecular flexibility index (Phi) is 7.25. The molecule has 1 aliphatic rings. The highest BCUT2D eigenvalue weighted by atomic mass is 16.6. The number of nitrogens with zero attached hydrogens (tertiary/aromatic N) is 2. The first-order valence-electron chi connectivity index (χ1n) is 8.99. The first-order chi connectivity index (χ1) is 12.0. The van der Waals surface area contributed by atoms with E-state index in [1.165, 1.54) is 0 Å². The van der Waals surface area contributed by atoms with Gasteiger partial charge in [0.15, 0.2) is 0 Å². The summed E-state index contributed by atoms with van der Waals surface area (Å²) in [5.74, 6) is -0.0499. The van der Waals surface area contributed by atoms with Gasteiger partial charge >= 0.3 is 6.09 Å². The van der Waals surface area contributed by atoms with E-state index in [9.17, 15) is 9.59 Å². The number of likely N-dealkylation sites (tertiary alicyclic amines) is 1. The van der Waals surface area contributed by atoms with Crippen molar-refractivity contribution in [1.82, 2.24) is 9.80 Å². The highest BCUT2D eigenvalue weighted by Gasteiger charge is 2.30. The van der Waals surface area contributed by atoms with Crippen molar-refractivity contribution >= 4 is 12.0 Å². The van der Waals surface area contributed by atoms with Gasteiger partial charge < -0.3 is 20.3 Å². The standard InChI is InChI=1S/C19H29N3O3/c1-15(2)22(19(24)25-14-16-8-4-3-5-9-16)13-17-10-6-7-11-21(17)18(23)12-20/h3-5,8-9,15,17H,6-7,10-14,20H2,1-2H3/t17-/m0/s1. The largest absolute Gasteiger partial charge is 0.445 e. The second-order valence-electron chi connectivity index (χ2n) is 6.73. The number of rotatable bonds is 6. The molecule has 1 aliphatic heterocycles. The number of amides is 2. The molecular weight excluding hydrogens is 318 g/mol. The molecule has 0 unspecified atom stereocenters. The SMILES string of the molecule is CC(C)N(C[C@@H]1CCCCN1C(=O)CN)C(=O)OCc1ccccc1. The maximum atomic E-state index is 12.6. The van der Waals surface area contributed by atoms with Crippen molar-refractivity contribution in [3.8, 4) is 0 Å². The summed E-state index contributed by atoms with van der Waals surface area (Å²) >= 11 is 0. The molecule has 25 heavy (non-hydrogen) atoms. The fourth-order valence-corrected chi connectivity index (χ4v) is 3.16. The van der Waals surface area contributed by atoms with Crippen molar-refractivity contribution in [2.45, 2.75) is 51.8 Å². The molecule has 1 aromatic rings. The number of nitrogens with two attached hydrogens (primary N) is 1. The van der Waals surface area contributed by atoms with Crippen LogP contribution in [0.4, 0.5) is 4.79 Å². The van der Waals surface area contributed by atoms with Gasteiger partial charge in [-0.1, -0.05) is 30.3 Å². The third kappa shape index (κ3) is 5.46. The van der Waals surface area contributed by atoms with E-state index >= 15 is 0 Å². The Balaban J connectivity index is 1.98. The van der Waals surface area contributed by atoms with E-state index in [0.29, 0.717) is 13.1 Å². The van der Waals surface area contributed by atoms with Gasteiger partial charge in [0.2, 0.25) is 5.91 Å². The average Bonchev–Trinajstić information content (AvgIpc) is 2.64. The third-order valence-electron chi connectivity index (χ3n) is 4.59. The monoisotopic (exact) mass is 347 g/mol. The zero-order valence-corrected chi connectivity index (χ0v) is 15.2. The van der Waals surface area contributed by atoms with Gasteiger partial charge in [-0.15, -0.1) is 0 Å². The fraction of sp³-hybridized carbons (Fsp3) is 0.579. The summed E-state index contributed by atoms with van der Waals surface area (Å²) in [6.07, 6.45) is 2.59. The Hall–Kier alpha value is -2.08. The molecule has 0 spiro atoms. The minimum atomic E-state index is -0.343. The van der Waals surface area contributed by atoms with Crippen molar-refractivity contribution in [3.05, 3.63) is 35.9 Å². The Morgan fingerprint density at radius 2 is 2.00 bits per heavy atom. The molecule has 6 heteroatoms. The number of hydrogen-bond donors (Lipinski definition) is 1. The normalized spacial score (nSPS) is 17.4. The minimum Gasteiger partial charge on any atom is -0.445 e. The van der Waals surface area contributed by atoms with Crippen LogP contribution in [0.2, 0.25) is 0 Å². The molecule has 6 nitrogen and oxygen atoms in total. The summed E-state index contributed by atoms with van der Waals surface area (Å²) in [6.45, 7) is 5.38. The van der Waals surface area contributed by atoms with Gasteiger partial charge in [0, 0.05) is 25.2 Å². The summed E-state index contributed by atoms with van der Waals surface area (Å²) in [4.78, 5) is 28.2. The summed E-state index contributed by atoms with van der Waals surface area (Å²) in [7, 11) is 0. The van der Waals surface area contributed by atoms with Crippen LogP contribution in [0.25, 0.3) is 0 Å². The lowest BCUT2D eigenvalue weighted by Gasteiger charge is -2.39. The predicted octanol–water partition coefficient (Wildman–Crippen LogP) is 2.37. The zero-order valence-electron chi connectivity index (χ0n) is 15.2. The molecule has 0 aliphatic carbocycles. The quantitative estimate of drug-likeness (QED) is 0.857. The van der Waals surface area contributed by atoms with Crippen molar-refractivity contribution in [1.29, 1.82) is 0 Å². The Bertz CT molecular complexity index is 562. The number of piperidine rings is 1. The smallest absolute Gasteiger partial charge is 0.410 e. The summed E-state index contributed by atoms with van der Waals surface area (Å²) in [5, 5.41) is 0. The Morgan fingerprint density at radius 1 is 1.28 bits per heavy atom. The Labute approximate surface area is 149 Å². The second kappa shape index (κ2) is 9.42. The molecule has 1 aromatic carbocycles. The number of ether oxygens (including phenoxy) is 1. The van der Waals surface area contributed by atoms with Crippen molar-refractivity contribution in [3.63, 3.8) is 0 Å². The molecule has 0 radical (unpaired) electrons. The first-order valence-corrected chi connectivity index (χ1v) is 8.99. The molecular formula is C19H29N3O3. The van der Waals surface area contributed by atoms with Crippen LogP contribution in [0.3, 0.4) is 0 Å². The lowest BCUT2D eigenvalue weighted by atomic mass is 10.0. The zero-order chi connectivity index (χ0) is 18.2. The average molecular weight is 347 g/mol. The van der Waals surface area contributed by atoms with Crippen LogP contribution in [0.5, 0.6) is 0 Å². The van der Waals surface area contributed by atoms with Crippen LogP contribution in [0, 0.1) is 0 Å². The van der Waals surface area contributed by atoms with E-state index in [-0.39, 0.29) is 37.2 Å². The third-order valence-corrected chi connectivity index (χ3v) is 4.59. The number of carbonyl (C=O) groups excluding carboxylic acids is 2. The second-order valence-corrected chi connectivity index (χ2v) is 6.73. The highest BCUT2D eigenvalue weighted by Crippen LogP contribution is 2.19. The molecule has 0 bridgehead atoms. The summed E-state index contributed by atoms with van der Waals surface area (Å²) in [5.41, 5.74) is 6.49. The molecule has 0 aromatic heterocycles. The van der Waals surface area contributed by atoms with E-state index in [1.54, 1.807) is 4.90 Å². The minimum absolute atomic E-state index is 0.0000264. The van der Waals surface area contributed by atoms with Crippen LogP contribution in [0.15, 0.2) is 30.3 Å². The van der Waals surface area contributed by atoms with Crippen molar-refractivity contribution in [2.75, 3.05) is 19.6 Å². The number of hydrogen-bond acceptors (Lipinski definition) is 4. The van der Waals surface area contributed by atoms with Crippen molar-refractivity contribution in [2.24, 2.45) is 5.73 Å². The van der Waals surface area contributed by atoms with Crippen LogP contribution in [-0.2, 0) is 16.1 Å².